The van der Waals surface area contributed by atoms with Gasteiger partial charge < -0.3 is 15.8 Å². The van der Waals surface area contributed by atoms with E-state index in [2.05, 4.69) is 24.4 Å². The summed E-state index contributed by atoms with van der Waals surface area (Å²) in [6, 6.07) is 8.11. The molecule has 112 valence electrons. The summed E-state index contributed by atoms with van der Waals surface area (Å²) in [5, 5.41) is 3.14. The number of aryl methyl sites for hydroxylation is 1. The molecule has 0 radical (unpaired) electrons. The van der Waals surface area contributed by atoms with E-state index in [0.29, 0.717) is 13.0 Å². The quantitative estimate of drug-likeness (QED) is 0.681. The number of likely N-dealkylation sites (N-methyl/N-ethyl adjacent to an activating group) is 1. The molecule has 1 unspecified atom stereocenters. The second kappa shape index (κ2) is 7.90. The first-order chi connectivity index (χ1) is 9.51. The molecule has 1 rings (SSSR count). The van der Waals surface area contributed by atoms with E-state index in [0.717, 1.165) is 25.1 Å². The van der Waals surface area contributed by atoms with Crippen LogP contribution in [0.4, 0.5) is 0 Å². The van der Waals surface area contributed by atoms with Gasteiger partial charge in [-0.3, -0.25) is 4.79 Å². The molecule has 0 aromatic heterocycles. The number of hydrogen-bond acceptors (Lipinski definition) is 3. The summed E-state index contributed by atoms with van der Waals surface area (Å²) in [5.74, 6) is 0.554. The molecule has 4 heteroatoms. The van der Waals surface area contributed by atoms with E-state index < -0.39 is 5.54 Å². The fourth-order valence-electron chi connectivity index (χ4n) is 2.13. The summed E-state index contributed by atoms with van der Waals surface area (Å²) in [5.41, 5.74) is 6.09. The summed E-state index contributed by atoms with van der Waals surface area (Å²) in [4.78, 5) is 11.5. The maximum Gasteiger partial charge on any atom is 0.237 e. The molecule has 1 atom stereocenters. The Labute approximate surface area is 121 Å². The van der Waals surface area contributed by atoms with Crippen LogP contribution in [0.25, 0.3) is 0 Å². The van der Waals surface area contributed by atoms with Crippen LogP contribution in [-0.4, -0.2) is 24.6 Å². The predicted molar refractivity (Wildman–Crippen MR) is 81.8 cm³/mol. The zero-order valence-corrected chi connectivity index (χ0v) is 12.7. The van der Waals surface area contributed by atoms with E-state index in [1.54, 1.807) is 0 Å². The van der Waals surface area contributed by atoms with Crippen molar-refractivity contribution in [1.29, 1.82) is 0 Å². The van der Waals surface area contributed by atoms with Gasteiger partial charge in [0, 0.05) is 0 Å². The molecule has 3 N–H and O–H groups in total. The Kier molecular flexibility index (Phi) is 6.52. The molecule has 1 amide bonds. The first kappa shape index (κ1) is 16.5. The lowest BCUT2D eigenvalue weighted by atomic mass is 9.95. The maximum absolute atomic E-state index is 11.5. The van der Waals surface area contributed by atoms with Crippen LogP contribution in [0.1, 0.15) is 39.2 Å². The fraction of sp³-hybridized carbons (Fsp3) is 0.562. The van der Waals surface area contributed by atoms with Crippen molar-refractivity contribution in [3.63, 3.8) is 0 Å². The highest BCUT2D eigenvalue weighted by Gasteiger charge is 2.28. The smallest absolute Gasteiger partial charge is 0.237 e. The Balaban J connectivity index is 2.37. The molecular weight excluding hydrogens is 252 g/mol. The number of primary amides is 1. The van der Waals surface area contributed by atoms with Crippen molar-refractivity contribution in [2.24, 2.45) is 5.73 Å². The molecular formula is C16H26N2O2. The number of nitrogens with two attached hydrogens (primary N) is 1. The minimum Gasteiger partial charge on any atom is -0.494 e. The lowest BCUT2D eigenvalue weighted by Crippen LogP contribution is -2.53. The van der Waals surface area contributed by atoms with Gasteiger partial charge >= 0.3 is 0 Å². The van der Waals surface area contributed by atoms with Gasteiger partial charge in [-0.1, -0.05) is 26.0 Å². The van der Waals surface area contributed by atoms with Crippen LogP contribution in [0.15, 0.2) is 24.3 Å². The van der Waals surface area contributed by atoms with Gasteiger partial charge in [0.25, 0.3) is 0 Å². The van der Waals surface area contributed by atoms with Gasteiger partial charge in [-0.15, -0.1) is 0 Å². The van der Waals surface area contributed by atoms with Crippen LogP contribution in [0.2, 0.25) is 0 Å². The van der Waals surface area contributed by atoms with E-state index in [1.165, 1.54) is 5.56 Å². The Morgan fingerprint density at radius 3 is 2.45 bits per heavy atom. The van der Waals surface area contributed by atoms with Gasteiger partial charge in [-0.2, -0.15) is 0 Å². The van der Waals surface area contributed by atoms with Crippen molar-refractivity contribution in [3.05, 3.63) is 29.8 Å². The Bertz CT molecular complexity index is 417. The number of hydrogen-bond donors (Lipinski definition) is 2. The molecule has 0 spiro atoms. The highest BCUT2D eigenvalue weighted by Crippen LogP contribution is 2.15. The number of nitrogens with one attached hydrogen (secondary N) is 1. The molecule has 0 saturated carbocycles. The van der Waals surface area contributed by atoms with Gasteiger partial charge in [-0.25, -0.2) is 0 Å². The van der Waals surface area contributed by atoms with E-state index in [-0.39, 0.29) is 5.91 Å². The van der Waals surface area contributed by atoms with E-state index in [4.69, 9.17) is 10.5 Å². The molecule has 0 aliphatic heterocycles. The Morgan fingerprint density at radius 2 is 1.95 bits per heavy atom. The summed E-state index contributed by atoms with van der Waals surface area (Å²) < 4.78 is 5.68. The minimum absolute atomic E-state index is 0.313. The minimum atomic E-state index is -0.649. The molecule has 4 nitrogen and oxygen atoms in total. The molecule has 0 saturated heterocycles. The summed E-state index contributed by atoms with van der Waals surface area (Å²) >= 11 is 0. The van der Waals surface area contributed by atoms with Crippen LogP contribution < -0.4 is 15.8 Å². The predicted octanol–water partition coefficient (Wildman–Crippen LogP) is 2.26. The highest BCUT2D eigenvalue weighted by molar-refractivity contribution is 5.84. The first-order valence-electron chi connectivity index (χ1n) is 7.28. The monoisotopic (exact) mass is 278 g/mol. The lowest BCUT2D eigenvalue weighted by Gasteiger charge is -2.26. The van der Waals surface area contributed by atoms with Crippen LogP contribution in [-0.2, 0) is 11.2 Å². The molecule has 1 aromatic carbocycles. The Hall–Kier alpha value is -1.55. The third-order valence-corrected chi connectivity index (χ3v) is 3.53. The SMILES string of the molecule is CCNC(C)(CCCOc1ccc(CC)cc1)C(N)=O. The average molecular weight is 278 g/mol. The van der Waals surface area contributed by atoms with Gasteiger partial charge in [0.05, 0.1) is 12.1 Å². The molecule has 0 aliphatic carbocycles. The zero-order chi connectivity index (χ0) is 15.0. The first-order valence-corrected chi connectivity index (χ1v) is 7.28. The maximum atomic E-state index is 11.5. The van der Waals surface area contributed by atoms with E-state index >= 15 is 0 Å². The molecule has 0 bridgehead atoms. The van der Waals surface area contributed by atoms with Crippen LogP contribution in [0.5, 0.6) is 5.75 Å². The second-order valence-electron chi connectivity index (χ2n) is 5.18. The summed E-state index contributed by atoms with van der Waals surface area (Å²) in [7, 11) is 0. The number of carbonyl (C=O) groups is 1. The average Bonchev–Trinajstić information content (AvgIpc) is 2.44. The number of benzene rings is 1. The van der Waals surface area contributed by atoms with Crippen LogP contribution in [0.3, 0.4) is 0 Å². The number of carbonyl (C=O) groups excluding carboxylic acids is 1. The summed E-state index contributed by atoms with van der Waals surface area (Å²) in [6.07, 6.45) is 2.48. The van der Waals surface area contributed by atoms with Crippen molar-refractivity contribution in [3.8, 4) is 5.75 Å². The zero-order valence-electron chi connectivity index (χ0n) is 12.7. The second-order valence-corrected chi connectivity index (χ2v) is 5.18. The van der Waals surface area contributed by atoms with Crippen molar-refractivity contribution in [2.75, 3.05) is 13.2 Å². The fourth-order valence-corrected chi connectivity index (χ4v) is 2.13. The van der Waals surface area contributed by atoms with Gasteiger partial charge in [0.15, 0.2) is 0 Å². The van der Waals surface area contributed by atoms with Gasteiger partial charge in [0.2, 0.25) is 5.91 Å². The highest BCUT2D eigenvalue weighted by atomic mass is 16.5. The molecule has 1 aromatic rings. The van der Waals surface area contributed by atoms with Crippen molar-refractivity contribution >= 4 is 5.91 Å². The van der Waals surface area contributed by atoms with Crippen molar-refractivity contribution in [1.82, 2.24) is 5.32 Å². The van der Waals surface area contributed by atoms with Gasteiger partial charge in [0.1, 0.15) is 5.75 Å². The largest absolute Gasteiger partial charge is 0.494 e. The topological polar surface area (TPSA) is 64.3 Å². The lowest BCUT2D eigenvalue weighted by molar-refractivity contribution is -0.124. The number of amides is 1. The van der Waals surface area contributed by atoms with Crippen molar-refractivity contribution in [2.45, 2.75) is 45.6 Å². The Morgan fingerprint density at radius 1 is 1.30 bits per heavy atom. The normalized spacial score (nSPS) is 13.8. The molecule has 20 heavy (non-hydrogen) atoms. The number of rotatable bonds is 9. The van der Waals surface area contributed by atoms with Crippen LogP contribution in [0, 0.1) is 0 Å². The third-order valence-electron chi connectivity index (χ3n) is 3.53. The molecule has 0 aliphatic rings. The van der Waals surface area contributed by atoms with Crippen molar-refractivity contribution < 1.29 is 9.53 Å². The van der Waals surface area contributed by atoms with E-state index in [9.17, 15) is 4.79 Å². The van der Waals surface area contributed by atoms with Gasteiger partial charge in [-0.05, 0) is 50.4 Å². The molecule has 0 fully saturated rings. The number of ether oxygens (including phenoxy) is 1. The standard InChI is InChI=1S/C16H26N2O2/c1-4-13-7-9-14(10-8-13)20-12-6-11-16(3,15(17)19)18-5-2/h7-10,18H,4-6,11-12H2,1-3H3,(H2,17,19). The van der Waals surface area contributed by atoms with E-state index in [1.807, 2.05) is 26.0 Å². The van der Waals surface area contributed by atoms with Crippen LogP contribution >= 0.6 is 0 Å². The molecule has 0 heterocycles. The third kappa shape index (κ3) is 4.85. The summed E-state index contributed by atoms with van der Waals surface area (Å²) in [6.45, 7) is 7.24.